The molecule has 0 aromatic carbocycles. The van der Waals surface area contributed by atoms with Crippen LogP contribution in [0.15, 0.2) is 0 Å². The van der Waals surface area contributed by atoms with Crippen molar-refractivity contribution in [3.05, 3.63) is 0 Å². The van der Waals surface area contributed by atoms with Crippen molar-refractivity contribution < 1.29 is 19.7 Å². The van der Waals surface area contributed by atoms with Crippen LogP contribution in [0.2, 0.25) is 0 Å². The Hall–Kier alpha value is -0.610. The van der Waals surface area contributed by atoms with Crippen LogP contribution < -0.4 is 0 Å². The van der Waals surface area contributed by atoms with Gasteiger partial charge in [0.15, 0.2) is 0 Å². The molecule has 1 heterocycles. The number of aliphatic carboxylic acids is 1. The zero-order valence-corrected chi connectivity index (χ0v) is 9.40. The lowest BCUT2D eigenvalue weighted by Crippen LogP contribution is -2.49. The number of carbonyl (C=O) groups is 1. The first-order chi connectivity index (χ1) is 7.03. The van der Waals surface area contributed by atoms with Crippen LogP contribution >= 0.6 is 0 Å². The van der Waals surface area contributed by atoms with E-state index in [9.17, 15) is 9.90 Å². The van der Waals surface area contributed by atoms with Gasteiger partial charge in [-0.2, -0.15) is 0 Å². The van der Waals surface area contributed by atoms with Crippen molar-refractivity contribution in [3.63, 3.8) is 0 Å². The average molecular weight is 216 g/mol. The van der Waals surface area contributed by atoms with Crippen LogP contribution in [0.1, 0.15) is 39.5 Å². The van der Waals surface area contributed by atoms with Gasteiger partial charge in [-0.05, 0) is 12.8 Å². The number of hydrogen-bond donors (Lipinski definition) is 2. The van der Waals surface area contributed by atoms with Crippen LogP contribution in [0.3, 0.4) is 0 Å². The van der Waals surface area contributed by atoms with E-state index in [4.69, 9.17) is 9.84 Å². The van der Waals surface area contributed by atoms with Crippen molar-refractivity contribution in [2.75, 3.05) is 6.61 Å². The molecule has 3 unspecified atom stereocenters. The highest BCUT2D eigenvalue weighted by Gasteiger charge is 2.44. The number of carboxylic acid groups (broad SMARTS) is 1. The maximum Gasteiger partial charge on any atom is 0.309 e. The van der Waals surface area contributed by atoms with E-state index >= 15 is 0 Å². The molecule has 1 rings (SSSR count). The normalized spacial score (nSPS) is 33.7. The summed E-state index contributed by atoms with van der Waals surface area (Å²) in [4.78, 5) is 11.0. The molecular formula is C11H20O4. The Morgan fingerprint density at radius 1 is 1.60 bits per heavy atom. The highest BCUT2D eigenvalue weighted by atomic mass is 16.5. The van der Waals surface area contributed by atoms with Crippen molar-refractivity contribution in [2.45, 2.75) is 51.2 Å². The van der Waals surface area contributed by atoms with Gasteiger partial charge in [-0.1, -0.05) is 13.8 Å². The zero-order valence-electron chi connectivity index (χ0n) is 9.40. The lowest BCUT2D eigenvalue weighted by molar-refractivity contribution is -0.167. The molecule has 0 saturated carbocycles. The summed E-state index contributed by atoms with van der Waals surface area (Å²) in [6, 6.07) is 0. The second-order valence-electron chi connectivity index (χ2n) is 4.26. The van der Waals surface area contributed by atoms with E-state index in [0.717, 1.165) is 6.42 Å². The van der Waals surface area contributed by atoms with Crippen molar-refractivity contribution in [1.29, 1.82) is 0 Å². The van der Waals surface area contributed by atoms with E-state index in [2.05, 4.69) is 0 Å². The summed E-state index contributed by atoms with van der Waals surface area (Å²) in [7, 11) is 0. The molecule has 4 nitrogen and oxygen atoms in total. The highest BCUT2D eigenvalue weighted by Crippen LogP contribution is 2.34. The van der Waals surface area contributed by atoms with Crippen molar-refractivity contribution in [2.24, 2.45) is 5.92 Å². The van der Waals surface area contributed by atoms with Crippen molar-refractivity contribution in [1.82, 2.24) is 0 Å². The van der Waals surface area contributed by atoms with Crippen LogP contribution in [-0.4, -0.2) is 34.5 Å². The second-order valence-corrected chi connectivity index (χ2v) is 4.26. The van der Waals surface area contributed by atoms with E-state index in [1.807, 2.05) is 6.92 Å². The number of hydrogen-bond acceptors (Lipinski definition) is 3. The van der Waals surface area contributed by atoms with Gasteiger partial charge in [0.05, 0.1) is 17.6 Å². The minimum absolute atomic E-state index is 0.00264. The van der Waals surface area contributed by atoms with Gasteiger partial charge in [0, 0.05) is 19.4 Å². The fourth-order valence-corrected chi connectivity index (χ4v) is 2.32. The van der Waals surface area contributed by atoms with Crippen LogP contribution in [0.25, 0.3) is 0 Å². The summed E-state index contributed by atoms with van der Waals surface area (Å²) in [5.74, 6) is -1.58. The zero-order chi connectivity index (χ0) is 11.5. The molecule has 0 bridgehead atoms. The number of rotatable bonds is 4. The molecule has 15 heavy (non-hydrogen) atoms. The Labute approximate surface area is 90.2 Å². The Kier molecular flexibility index (Phi) is 4.11. The topological polar surface area (TPSA) is 66.8 Å². The van der Waals surface area contributed by atoms with Gasteiger partial charge in [0.2, 0.25) is 0 Å². The van der Waals surface area contributed by atoms with E-state index in [-0.39, 0.29) is 6.10 Å². The molecular weight excluding hydrogens is 196 g/mol. The first-order valence-corrected chi connectivity index (χ1v) is 5.60. The second kappa shape index (κ2) is 4.94. The maximum atomic E-state index is 11.0. The molecule has 0 aromatic heterocycles. The molecule has 3 atom stereocenters. The Morgan fingerprint density at radius 3 is 2.73 bits per heavy atom. The van der Waals surface area contributed by atoms with Gasteiger partial charge >= 0.3 is 5.97 Å². The maximum absolute atomic E-state index is 11.0. The molecule has 88 valence electrons. The van der Waals surface area contributed by atoms with Crippen LogP contribution in [0.5, 0.6) is 0 Å². The monoisotopic (exact) mass is 216 g/mol. The Bertz CT molecular complexity index is 229. The highest BCUT2D eigenvalue weighted by molar-refractivity contribution is 5.71. The number of ether oxygens (including phenoxy) is 1. The van der Waals surface area contributed by atoms with Crippen molar-refractivity contribution >= 4 is 5.97 Å². The fourth-order valence-electron chi connectivity index (χ4n) is 2.32. The van der Waals surface area contributed by atoms with Gasteiger partial charge in [0.25, 0.3) is 0 Å². The third kappa shape index (κ3) is 2.69. The van der Waals surface area contributed by atoms with E-state index in [0.29, 0.717) is 25.9 Å². The van der Waals surface area contributed by atoms with Gasteiger partial charge in [-0.25, -0.2) is 0 Å². The molecule has 1 saturated heterocycles. The molecule has 2 N–H and O–H groups in total. The van der Waals surface area contributed by atoms with E-state index in [1.165, 1.54) is 0 Å². The minimum atomic E-state index is -1.08. The van der Waals surface area contributed by atoms with Crippen LogP contribution in [-0.2, 0) is 9.53 Å². The molecule has 1 aliphatic heterocycles. The van der Waals surface area contributed by atoms with Crippen LogP contribution in [0, 0.1) is 5.92 Å². The molecule has 0 aromatic rings. The van der Waals surface area contributed by atoms with Crippen molar-refractivity contribution in [3.8, 4) is 0 Å². The fraction of sp³-hybridized carbons (Fsp3) is 0.909. The molecule has 4 heteroatoms. The molecule has 0 amide bonds. The summed E-state index contributed by atoms with van der Waals surface area (Å²) < 4.78 is 5.44. The lowest BCUT2D eigenvalue weighted by Gasteiger charge is -2.40. The molecule has 1 fully saturated rings. The largest absolute Gasteiger partial charge is 0.481 e. The molecule has 0 spiro atoms. The molecule has 1 aliphatic rings. The van der Waals surface area contributed by atoms with Gasteiger partial charge in [-0.3, -0.25) is 4.79 Å². The van der Waals surface area contributed by atoms with Crippen LogP contribution in [0.4, 0.5) is 0 Å². The molecule has 0 radical (unpaired) electrons. The third-order valence-corrected chi connectivity index (χ3v) is 3.28. The van der Waals surface area contributed by atoms with E-state index < -0.39 is 17.5 Å². The van der Waals surface area contributed by atoms with Gasteiger partial charge in [-0.15, -0.1) is 0 Å². The third-order valence-electron chi connectivity index (χ3n) is 3.28. The predicted octanol–water partition coefficient (Wildman–Crippen LogP) is 1.42. The Morgan fingerprint density at radius 2 is 2.27 bits per heavy atom. The average Bonchev–Trinajstić information content (AvgIpc) is 2.17. The number of aliphatic hydroxyl groups is 1. The summed E-state index contributed by atoms with van der Waals surface area (Å²) in [6.45, 7) is 4.24. The standard InChI is InChI=1S/C11H20O4/c1-3-8-7-11(14,5-6-15-8)9(4-2)10(12)13/h8-9,14H,3-7H2,1-2H3,(H,12,13). The Balaban J connectivity index is 2.74. The summed E-state index contributed by atoms with van der Waals surface area (Å²) in [6.07, 6.45) is 2.14. The van der Waals surface area contributed by atoms with Gasteiger partial charge < -0.3 is 14.9 Å². The summed E-state index contributed by atoms with van der Waals surface area (Å²) in [5.41, 5.74) is -1.08. The predicted molar refractivity (Wildman–Crippen MR) is 55.6 cm³/mol. The first-order valence-electron chi connectivity index (χ1n) is 5.60. The SMILES string of the molecule is CCC1CC(O)(C(CC)C(=O)O)CCO1. The molecule has 0 aliphatic carbocycles. The summed E-state index contributed by atoms with van der Waals surface area (Å²) >= 11 is 0. The summed E-state index contributed by atoms with van der Waals surface area (Å²) in [5, 5.41) is 19.4. The smallest absolute Gasteiger partial charge is 0.309 e. The lowest BCUT2D eigenvalue weighted by atomic mass is 9.77. The first kappa shape index (κ1) is 12.5. The minimum Gasteiger partial charge on any atom is -0.481 e. The quantitative estimate of drug-likeness (QED) is 0.745. The van der Waals surface area contributed by atoms with Gasteiger partial charge in [0.1, 0.15) is 0 Å². The van der Waals surface area contributed by atoms with E-state index in [1.54, 1.807) is 6.92 Å². The number of carboxylic acids is 1.